The Morgan fingerprint density at radius 1 is 1.39 bits per heavy atom. The van der Waals surface area contributed by atoms with E-state index in [2.05, 4.69) is 38.2 Å². The highest BCUT2D eigenvalue weighted by Crippen LogP contribution is 2.27. The summed E-state index contributed by atoms with van der Waals surface area (Å²) in [5, 5.41) is 3.42. The maximum Gasteiger partial charge on any atom is 0.121 e. The molecule has 1 aromatic carbocycles. The van der Waals surface area contributed by atoms with Gasteiger partial charge in [0.05, 0.1) is 7.11 Å². The molecule has 0 heterocycles. The Hall–Kier alpha value is -1.06. The largest absolute Gasteiger partial charge is 0.496 e. The predicted molar refractivity (Wildman–Crippen MR) is 77.3 cm³/mol. The van der Waals surface area contributed by atoms with Gasteiger partial charge in [-0.05, 0) is 31.0 Å². The zero-order valence-corrected chi connectivity index (χ0v) is 12.2. The van der Waals surface area contributed by atoms with Crippen molar-refractivity contribution < 1.29 is 4.74 Å². The van der Waals surface area contributed by atoms with Crippen molar-refractivity contribution in [3.05, 3.63) is 29.3 Å². The standard InChI is InChI=1S/C15H26N2O/c1-11-8-13(6-7-14(11)18-5)15(3,4)10-17-9-12(2)16/h6-8,12,17H,9-10,16H2,1-5H3. The Labute approximate surface area is 111 Å². The van der Waals surface area contributed by atoms with Gasteiger partial charge >= 0.3 is 0 Å². The summed E-state index contributed by atoms with van der Waals surface area (Å²) >= 11 is 0. The first-order chi connectivity index (χ1) is 8.36. The molecule has 1 atom stereocenters. The van der Waals surface area contributed by atoms with Gasteiger partial charge in [0.25, 0.3) is 0 Å². The van der Waals surface area contributed by atoms with Crippen LogP contribution in [-0.2, 0) is 5.41 Å². The van der Waals surface area contributed by atoms with Crippen LogP contribution in [0, 0.1) is 6.92 Å². The van der Waals surface area contributed by atoms with Crippen LogP contribution in [0.25, 0.3) is 0 Å². The fraction of sp³-hybridized carbons (Fsp3) is 0.600. The second-order valence-electron chi connectivity index (χ2n) is 5.68. The highest BCUT2D eigenvalue weighted by Gasteiger charge is 2.20. The van der Waals surface area contributed by atoms with E-state index in [0.717, 1.165) is 18.8 Å². The van der Waals surface area contributed by atoms with Gasteiger partial charge in [0.15, 0.2) is 0 Å². The molecule has 0 fully saturated rings. The van der Waals surface area contributed by atoms with Crippen molar-refractivity contribution in [3.8, 4) is 5.75 Å². The van der Waals surface area contributed by atoms with Crippen LogP contribution >= 0.6 is 0 Å². The van der Waals surface area contributed by atoms with Crippen LogP contribution in [0.4, 0.5) is 0 Å². The van der Waals surface area contributed by atoms with Gasteiger partial charge in [0.2, 0.25) is 0 Å². The van der Waals surface area contributed by atoms with E-state index in [4.69, 9.17) is 10.5 Å². The fourth-order valence-electron chi connectivity index (χ4n) is 2.01. The summed E-state index contributed by atoms with van der Waals surface area (Å²) in [7, 11) is 1.71. The number of aryl methyl sites for hydroxylation is 1. The minimum absolute atomic E-state index is 0.0892. The minimum atomic E-state index is 0.0892. The fourth-order valence-corrected chi connectivity index (χ4v) is 2.01. The molecule has 0 amide bonds. The van der Waals surface area contributed by atoms with E-state index >= 15 is 0 Å². The zero-order valence-electron chi connectivity index (χ0n) is 12.2. The van der Waals surface area contributed by atoms with Gasteiger partial charge in [-0.25, -0.2) is 0 Å². The van der Waals surface area contributed by atoms with Gasteiger partial charge < -0.3 is 15.8 Å². The number of nitrogens with one attached hydrogen (secondary N) is 1. The average molecular weight is 250 g/mol. The van der Waals surface area contributed by atoms with Crippen molar-refractivity contribution in [2.24, 2.45) is 5.73 Å². The normalized spacial score (nSPS) is 13.4. The lowest BCUT2D eigenvalue weighted by molar-refractivity contribution is 0.410. The Bertz CT molecular complexity index is 386. The molecule has 3 nitrogen and oxygen atoms in total. The zero-order chi connectivity index (χ0) is 13.8. The Morgan fingerprint density at radius 3 is 2.56 bits per heavy atom. The SMILES string of the molecule is COc1ccc(C(C)(C)CNCC(C)N)cc1C. The van der Waals surface area contributed by atoms with Crippen LogP contribution in [0.2, 0.25) is 0 Å². The maximum atomic E-state index is 5.74. The number of rotatable bonds is 6. The lowest BCUT2D eigenvalue weighted by Crippen LogP contribution is -2.38. The second-order valence-corrected chi connectivity index (χ2v) is 5.68. The summed E-state index contributed by atoms with van der Waals surface area (Å²) in [6.45, 7) is 10.3. The molecule has 3 N–H and O–H groups in total. The summed E-state index contributed by atoms with van der Waals surface area (Å²) in [5.41, 5.74) is 8.33. The van der Waals surface area contributed by atoms with Gasteiger partial charge in [-0.2, -0.15) is 0 Å². The number of ether oxygens (including phenoxy) is 1. The molecule has 0 radical (unpaired) electrons. The van der Waals surface area contributed by atoms with Crippen LogP contribution in [0.15, 0.2) is 18.2 Å². The van der Waals surface area contributed by atoms with Crippen molar-refractivity contribution in [3.63, 3.8) is 0 Å². The van der Waals surface area contributed by atoms with Crippen molar-refractivity contribution in [2.45, 2.75) is 39.2 Å². The van der Waals surface area contributed by atoms with Gasteiger partial charge in [-0.1, -0.05) is 26.0 Å². The molecule has 18 heavy (non-hydrogen) atoms. The lowest BCUT2D eigenvalue weighted by Gasteiger charge is -2.27. The topological polar surface area (TPSA) is 47.3 Å². The monoisotopic (exact) mass is 250 g/mol. The molecule has 0 spiro atoms. The lowest BCUT2D eigenvalue weighted by atomic mass is 9.83. The molecule has 0 aliphatic carbocycles. The van der Waals surface area contributed by atoms with Crippen molar-refractivity contribution in [1.29, 1.82) is 0 Å². The Balaban J connectivity index is 2.75. The second kappa shape index (κ2) is 6.21. The highest BCUT2D eigenvalue weighted by atomic mass is 16.5. The number of hydrogen-bond acceptors (Lipinski definition) is 3. The summed E-state index contributed by atoms with van der Waals surface area (Å²) in [5.74, 6) is 0.943. The maximum absolute atomic E-state index is 5.74. The van der Waals surface area contributed by atoms with E-state index in [1.54, 1.807) is 7.11 Å². The van der Waals surface area contributed by atoms with Gasteiger partial charge in [-0.3, -0.25) is 0 Å². The van der Waals surface area contributed by atoms with Crippen molar-refractivity contribution in [2.75, 3.05) is 20.2 Å². The van der Waals surface area contributed by atoms with Crippen molar-refractivity contribution >= 4 is 0 Å². The van der Waals surface area contributed by atoms with Gasteiger partial charge in [-0.15, -0.1) is 0 Å². The van der Waals surface area contributed by atoms with E-state index in [1.165, 1.54) is 11.1 Å². The van der Waals surface area contributed by atoms with Crippen LogP contribution in [0.5, 0.6) is 5.75 Å². The van der Waals surface area contributed by atoms with E-state index in [0.29, 0.717) is 0 Å². The molecule has 0 saturated heterocycles. The van der Waals surface area contributed by atoms with Crippen LogP contribution in [0.3, 0.4) is 0 Å². The summed E-state index contributed by atoms with van der Waals surface area (Å²) in [4.78, 5) is 0. The summed E-state index contributed by atoms with van der Waals surface area (Å²) in [6.07, 6.45) is 0. The molecule has 0 aromatic heterocycles. The summed E-state index contributed by atoms with van der Waals surface area (Å²) < 4.78 is 5.29. The van der Waals surface area contributed by atoms with Gasteiger partial charge in [0, 0.05) is 24.5 Å². The highest BCUT2D eigenvalue weighted by molar-refractivity contribution is 5.39. The molecule has 0 bridgehead atoms. The first-order valence-electron chi connectivity index (χ1n) is 6.48. The van der Waals surface area contributed by atoms with E-state index in [1.807, 2.05) is 13.0 Å². The number of nitrogens with two attached hydrogens (primary N) is 1. The van der Waals surface area contributed by atoms with E-state index < -0.39 is 0 Å². The third kappa shape index (κ3) is 4.00. The summed E-state index contributed by atoms with van der Waals surface area (Å²) in [6, 6.07) is 6.57. The third-order valence-corrected chi connectivity index (χ3v) is 3.21. The van der Waals surface area contributed by atoms with Crippen LogP contribution in [0.1, 0.15) is 31.9 Å². The smallest absolute Gasteiger partial charge is 0.121 e. The van der Waals surface area contributed by atoms with Crippen LogP contribution < -0.4 is 15.8 Å². The first-order valence-corrected chi connectivity index (χ1v) is 6.48. The average Bonchev–Trinajstić information content (AvgIpc) is 2.28. The van der Waals surface area contributed by atoms with Crippen molar-refractivity contribution in [1.82, 2.24) is 5.32 Å². The molecule has 3 heteroatoms. The Kier molecular flexibility index (Phi) is 5.17. The third-order valence-electron chi connectivity index (χ3n) is 3.21. The van der Waals surface area contributed by atoms with E-state index in [-0.39, 0.29) is 11.5 Å². The first kappa shape index (κ1) is 15.0. The molecule has 102 valence electrons. The molecule has 1 unspecified atom stereocenters. The molecule has 0 saturated carbocycles. The predicted octanol–water partition coefficient (Wildman–Crippen LogP) is 2.22. The molecule has 0 aliphatic heterocycles. The minimum Gasteiger partial charge on any atom is -0.496 e. The number of methoxy groups -OCH3 is 1. The number of benzene rings is 1. The molecule has 1 aromatic rings. The number of hydrogen-bond donors (Lipinski definition) is 2. The van der Waals surface area contributed by atoms with E-state index in [9.17, 15) is 0 Å². The molecule has 0 aliphatic rings. The Morgan fingerprint density at radius 2 is 2.06 bits per heavy atom. The van der Waals surface area contributed by atoms with Crippen LogP contribution in [-0.4, -0.2) is 26.2 Å². The molecule has 1 rings (SSSR count). The molecular formula is C15H26N2O. The quantitative estimate of drug-likeness (QED) is 0.814. The molecular weight excluding hydrogens is 224 g/mol. The van der Waals surface area contributed by atoms with Gasteiger partial charge in [0.1, 0.15) is 5.75 Å².